The molecule has 0 radical (unpaired) electrons. The highest BCUT2D eigenvalue weighted by Gasteiger charge is 2.21. The fourth-order valence-corrected chi connectivity index (χ4v) is 1.78. The zero-order valence-corrected chi connectivity index (χ0v) is 14.2. The zero-order chi connectivity index (χ0) is 17.5. The third-order valence-electron chi connectivity index (χ3n) is 2.76. The Bertz CT molecular complexity index is 524. The molecule has 0 aliphatic carbocycles. The number of halogens is 1. The minimum absolute atomic E-state index is 0.180. The van der Waals surface area contributed by atoms with Gasteiger partial charge in [-0.3, -0.25) is 4.79 Å². The van der Waals surface area contributed by atoms with Gasteiger partial charge in [0.1, 0.15) is 11.8 Å². The number of nitrogens with one attached hydrogen (secondary N) is 1. The number of benzene rings is 1. The van der Waals surface area contributed by atoms with E-state index in [0.717, 1.165) is 0 Å². The largest absolute Gasteiger partial charge is 0.484 e. The number of carboxylic acid groups (broad SMARTS) is 1. The van der Waals surface area contributed by atoms with E-state index in [4.69, 9.17) is 26.2 Å². The molecular formula is C16H22ClNO5. The Morgan fingerprint density at radius 1 is 1.26 bits per heavy atom. The van der Waals surface area contributed by atoms with E-state index in [1.807, 2.05) is 20.8 Å². The maximum absolute atomic E-state index is 11.8. The Morgan fingerprint density at radius 3 is 2.39 bits per heavy atom. The first-order chi connectivity index (χ1) is 10.7. The Morgan fingerprint density at radius 2 is 1.87 bits per heavy atom. The second kappa shape index (κ2) is 8.74. The van der Waals surface area contributed by atoms with Crippen molar-refractivity contribution in [2.24, 2.45) is 0 Å². The van der Waals surface area contributed by atoms with Gasteiger partial charge in [0.2, 0.25) is 0 Å². The van der Waals surface area contributed by atoms with Crippen molar-refractivity contribution in [2.75, 3.05) is 13.2 Å². The van der Waals surface area contributed by atoms with Crippen molar-refractivity contribution in [1.82, 2.24) is 5.32 Å². The van der Waals surface area contributed by atoms with Crippen LogP contribution in [-0.2, 0) is 14.3 Å². The topological polar surface area (TPSA) is 84.9 Å². The van der Waals surface area contributed by atoms with Crippen LogP contribution in [0.2, 0.25) is 5.02 Å². The summed E-state index contributed by atoms with van der Waals surface area (Å²) in [6.45, 7) is 5.59. The lowest BCUT2D eigenvalue weighted by Crippen LogP contribution is -2.44. The van der Waals surface area contributed by atoms with Gasteiger partial charge in [-0.15, -0.1) is 0 Å². The second-order valence-corrected chi connectivity index (χ2v) is 6.39. The van der Waals surface area contributed by atoms with Crippen molar-refractivity contribution in [2.45, 2.75) is 38.8 Å². The average Bonchev–Trinajstić information content (AvgIpc) is 2.44. The van der Waals surface area contributed by atoms with Gasteiger partial charge in [-0.1, -0.05) is 11.6 Å². The van der Waals surface area contributed by atoms with Crippen LogP contribution in [0.25, 0.3) is 0 Å². The number of hydrogen-bond acceptors (Lipinski definition) is 4. The molecule has 1 amide bonds. The quantitative estimate of drug-likeness (QED) is 0.757. The standard InChI is InChI=1S/C16H22ClNO5/c1-16(2,3)23-9-8-13(15(20)21)18-14(19)10-22-12-6-4-11(17)5-7-12/h4-7,13H,8-10H2,1-3H3,(H,18,19)(H,20,21). The van der Waals surface area contributed by atoms with Crippen LogP contribution in [0.5, 0.6) is 5.75 Å². The van der Waals surface area contributed by atoms with E-state index in [9.17, 15) is 9.59 Å². The van der Waals surface area contributed by atoms with Crippen molar-refractivity contribution in [3.05, 3.63) is 29.3 Å². The van der Waals surface area contributed by atoms with E-state index in [0.29, 0.717) is 10.8 Å². The predicted molar refractivity (Wildman–Crippen MR) is 86.8 cm³/mol. The van der Waals surface area contributed by atoms with Crippen LogP contribution in [0.1, 0.15) is 27.2 Å². The molecule has 0 aliphatic heterocycles. The second-order valence-electron chi connectivity index (χ2n) is 5.95. The van der Waals surface area contributed by atoms with E-state index in [1.54, 1.807) is 24.3 Å². The van der Waals surface area contributed by atoms with Crippen molar-refractivity contribution in [1.29, 1.82) is 0 Å². The highest BCUT2D eigenvalue weighted by atomic mass is 35.5. The summed E-state index contributed by atoms with van der Waals surface area (Å²) in [5, 5.41) is 12.1. The van der Waals surface area contributed by atoms with Gasteiger partial charge in [-0.05, 0) is 45.0 Å². The van der Waals surface area contributed by atoms with Crippen LogP contribution in [0, 0.1) is 0 Å². The highest BCUT2D eigenvalue weighted by molar-refractivity contribution is 6.30. The molecule has 1 aromatic rings. The molecule has 7 heteroatoms. The molecule has 0 fully saturated rings. The van der Waals surface area contributed by atoms with E-state index in [-0.39, 0.29) is 25.2 Å². The molecule has 0 aliphatic rings. The van der Waals surface area contributed by atoms with Gasteiger partial charge < -0.3 is 19.9 Å². The lowest BCUT2D eigenvalue weighted by Gasteiger charge is -2.21. The number of ether oxygens (including phenoxy) is 2. The third kappa shape index (κ3) is 8.42. The lowest BCUT2D eigenvalue weighted by molar-refractivity contribution is -0.143. The molecule has 0 heterocycles. The van der Waals surface area contributed by atoms with Crippen molar-refractivity contribution in [3.63, 3.8) is 0 Å². The fraction of sp³-hybridized carbons (Fsp3) is 0.500. The number of hydrogen-bond donors (Lipinski definition) is 2. The molecule has 0 spiro atoms. The van der Waals surface area contributed by atoms with Gasteiger partial charge in [-0.25, -0.2) is 4.79 Å². The zero-order valence-electron chi connectivity index (χ0n) is 13.5. The first kappa shape index (κ1) is 19.3. The highest BCUT2D eigenvalue weighted by Crippen LogP contribution is 2.15. The Labute approximate surface area is 140 Å². The molecule has 0 bridgehead atoms. The van der Waals surface area contributed by atoms with Crippen LogP contribution in [-0.4, -0.2) is 41.8 Å². The fourth-order valence-electron chi connectivity index (χ4n) is 1.66. The van der Waals surface area contributed by atoms with Crippen LogP contribution in [0.3, 0.4) is 0 Å². The van der Waals surface area contributed by atoms with Gasteiger partial charge in [0.05, 0.1) is 5.60 Å². The summed E-state index contributed by atoms with van der Waals surface area (Å²) in [4.78, 5) is 23.0. The van der Waals surface area contributed by atoms with Crippen molar-refractivity contribution >= 4 is 23.5 Å². The summed E-state index contributed by atoms with van der Waals surface area (Å²) in [5.41, 5.74) is -0.356. The first-order valence-electron chi connectivity index (χ1n) is 7.22. The first-order valence-corrected chi connectivity index (χ1v) is 7.59. The van der Waals surface area contributed by atoms with Crippen LogP contribution < -0.4 is 10.1 Å². The number of carbonyl (C=O) groups is 2. The maximum atomic E-state index is 11.8. The van der Waals surface area contributed by atoms with Gasteiger partial charge in [-0.2, -0.15) is 0 Å². The third-order valence-corrected chi connectivity index (χ3v) is 3.01. The lowest BCUT2D eigenvalue weighted by atomic mass is 10.2. The van der Waals surface area contributed by atoms with E-state index in [2.05, 4.69) is 5.32 Å². The molecule has 6 nitrogen and oxygen atoms in total. The SMILES string of the molecule is CC(C)(C)OCCC(NC(=O)COc1ccc(Cl)cc1)C(=O)O. The molecule has 1 atom stereocenters. The van der Waals surface area contributed by atoms with E-state index < -0.39 is 17.9 Å². The maximum Gasteiger partial charge on any atom is 0.326 e. The number of aliphatic carboxylic acids is 1. The summed E-state index contributed by atoms with van der Waals surface area (Å²) in [7, 11) is 0. The average molecular weight is 344 g/mol. The molecule has 0 aromatic heterocycles. The number of carboxylic acids is 1. The Hall–Kier alpha value is -1.79. The van der Waals surface area contributed by atoms with Crippen LogP contribution >= 0.6 is 11.6 Å². The number of rotatable bonds is 8. The molecule has 1 rings (SSSR count). The molecule has 0 saturated heterocycles. The molecule has 1 unspecified atom stereocenters. The monoisotopic (exact) mass is 343 g/mol. The Kier molecular flexibility index (Phi) is 7.32. The van der Waals surface area contributed by atoms with Gasteiger partial charge >= 0.3 is 5.97 Å². The minimum atomic E-state index is -1.11. The summed E-state index contributed by atoms with van der Waals surface area (Å²) in [6.07, 6.45) is 0.180. The smallest absolute Gasteiger partial charge is 0.326 e. The minimum Gasteiger partial charge on any atom is -0.484 e. The van der Waals surface area contributed by atoms with Crippen molar-refractivity contribution < 1.29 is 24.2 Å². The van der Waals surface area contributed by atoms with E-state index in [1.165, 1.54) is 0 Å². The molecule has 23 heavy (non-hydrogen) atoms. The van der Waals surface area contributed by atoms with Crippen LogP contribution in [0.15, 0.2) is 24.3 Å². The van der Waals surface area contributed by atoms with Crippen molar-refractivity contribution in [3.8, 4) is 5.75 Å². The molecule has 2 N–H and O–H groups in total. The molecule has 0 saturated carbocycles. The summed E-state index contributed by atoms with van der Waals surface area (Å²) in [5.74, 6) is -1.14. The molecule has 128 valence electrons. The van der Waals surface area contributed by atoms with Gasteiger partial charge in [0, 0.05) is 18.1 Å². The van der Waals surface area contributed by atoms with Crippen LogP contribution in [0.4, 0.5) is 0 Å². The van der Waals surface area contributed by atoms with Gasteiger partial charge in [0.25, 0.3) is 5.91 Å². The molecule has 1 aromatic carbocycles. The molecular weight excluding hydrogens is 322 g/mol. The number of carbonyl (C=O) groups excluding carboxylic acids is 1. The summed E-state index contributed by atoms with van der Waals surface area (Å²) < 4.78 is 10.7. The number of amides is 1. The summed E-state index contributed by atoms with van der Waals surface area (Å²) in [6, 6.07) is 5.51. The van der Waals surface area contributed by atoms with E-state index >= 15 is 0 Å². The summed E-state index contributed by atoms with van der Waals surface area (Å²) >= 11 is 5.75. The Balaban J connectivity index is 2.41. The normalized spacial score (nSPS) is 12.5. The van der Waals surface area contributed by atoms with Gasteiger partial charge in [0.15, 0.2) is 6.61 Å². The predicted octanol–water partition coefficient (Wildman–Crippen LogP) is 2.49.